The third-order valence-electron chi connectivity index (χ3n) is 2.71. The Bertz CT molecular complexity index is 393. The van der Waals surface area contributed by atoms with E-state index in [1.165, 1.54) is 0 Å². The number of rotatable bonds is 6. The Morgan fingerprint density at radius 3 is 2.47 bits per heavy atom. The summed E-state index contributed by atoms with van der Waals surface area (Å²) in [5.41, 5.74) is 1.55. The van der Waals surface area contributed by atoms with Crippen molar-refractivity contribution in [3.8, 4) is 0 Å². The third kappa shape index (κ3) is 5.98. The summed E-state index contributed by atoms with van der Waals surface area (Å²) in [6.45, 7) is 4.48. The highest BCUT2D eigenvalue weighted by Crippen LogP contribution is 2.15. The third-order valence-corrected chi connectivity index (χ3v) is 3.62. The molecule has 2 atom stereocenters. The molecule has 19 heavy (non-hydrogen) atoms. The van der Waals surface area contributed by atoms with Gasteiger partial charge in [0.2, 0.25) is 0 Å². The number of amides is 2. The quantitative estimate of drug-likeness (QED) is 0.752. The molecule has 1 rings (SSSR count). The lowest BCUT2D eigenvalue weighted by Gasteiger charge is -2.12. The van der Waals surface area contributed by atoms with Crippen LogP contribution in [0, 0.1) is 5.92 Å². The summed E-state index contributed by atoms with van der Waals surface area (Å²) < 4.78 is 0. The Kier molecular flexibility index (Phi) is 6.73. The first-order valence-corrected chi connectivity index (χ1v) is 7.74. The Labute approximate surface area is 119 Å². The van der Waals surface area contributed by atoms with Crippen LogP contribution in [0.25, 0.3) is 0 Å². The molecule has 0 radical (unpaired) electrons. The van der Waals surface area contributed by atoms with Gasteiger partial charge in [-0.2, -0.15) is 11.8 Å². The monoisotopic (exact) mass is 282 g/mol. The molecule has 0 spiro atoms. The number of aliphatic hydroxyl groups is 1. The van der Waals surface area contributed by atoms with Gasteiger partial charge in [-0.05, 0) is 42.5 Å². The first kappa shape index (κ1) is 15.9. The molecule has 0 aliphatic heterocycles. The second-order valence-corrected chi connectivity index (χ2v) is 5.60. The van der Waals surface area contributed by atoms with E-state index in [9.17, 15) is 9.90 Å². The fourth-order valence-corrected chi connectivity index (χ4v) is 2.32. The van der Waals surface area contributed by atoms with E-state index in [-0.39, 0.29) is 6.03 Å². The van der Waals surface area contributed by atoms with Gasteiger partial charge < -0.3 is 15.7 Å². The van der Waals surface area contributed by atoms with Gasteiger partial charge in [0.15, 0.2) is 0 Å². The maximum Gasteiger partial charge on any atom is 0.319 e. The average molecular weight is 282 g/mol. The van der Waals surface area contributed by atoms with Crippen LogP contribution in [0.3, 0.4) is 0 Å². The molecule has 0 aliphatic carbocycles. The number of hydrogen-bond acceptors (Lipinski definition) is 3. The van der Waals surface area contributed by atoms with Gasteiger partial charge >= 0.3 is 6.03 Å². The fraction of sp³-hybridized carbons (Fsp3) is 0.500. The SMILES string of the molecule is CSCC(C)CNC(=O)Nc1ccc(C(C)O)cc1. The van der Waals surface area contributed by atoms with Gasteiger partial charge in [-0.1, -0.05) is 19.1 Å². The van der Waals surface area contributed by atoms with Crippen LogP contribution < -0.4 is 10.6 Å². The number of anilines is 1. The Morgan fingerprint density at radius 1 is 1.32 bits per heavy atom. The van der Waals surface area contributed by atoms with Crippen molar-refractivity contribution in [2.24, 2.45) is 5.92 Å². The molecule has 4 nitrogen and oxygen atoms in total. The number of carbonyl (C=O) groups is 1. The van der Waals surface area contributed by atoms with Crippen LogP contribution in [-0.2, 0) is 0 Å². The standard InChI is InChI=1S/C14H22N2O2S/c1-10(9-19-3)8-15-14(18)16-13-6-4-12(5-7-13)11(2)17/h4-7,10-11,17H,8-9H2,1-3H3,(H2,15,16,18). The number of benzene rings is 1. The molecule has 5 heteroatoms. The van der Waals surface area contributed by atoms with Crippen molar-refractivity contribution in [1.82, 2.24) is 5.32 Å². The van der Waals surface area contributed by atoms with Gasteiger partial charge in [-0.25, -0.2) is 4.79 Å². The van der Waals surface area contributed by atoms with Crippen molar-refractivity contribution in [2.75, 3.05) is 23.9 Å². The second kappa shape index (κ2) is 8.07. The fourth-order valence-electron chi connectivity index (χ4n) is 1.63. The zero-order valence-corrected chi connectivity index (χ0v) is 12.5. The highest BCUT2D eigenvalue weighted by Gasteiger charge is 2.06. The van der Waals surface area contributed by atoms with Crippen molar-refractivity contribution in [3.05, 3.63) is 29.8 Å². The van der Waals surface area contributed by atoms with Gasteiger partial charge in [-0.15, -0.1) is 0 Å². The predicted molar refractivity (Wildman–Crippen MR) is 81.6 cm³/mol. The molecule has 0 heterocycles. The van der Waals surface area contributed by atoms with Crippen molar-refractivity contribution in [1.29, 1.82) is 0 Å². The largest absolute Gasteiger partial charge is 0.389 e. The van der Waals surface area contributed by atoms with E-state index in [0.717, 1.165) is 17.0 Å². The summed E-state index contributed by atoms with van der Waals surface area (Å²) >= 11 is 1.77. The molecule has 0 aliphatic rings. The van der Waals surface area contributed by atoms with Crippen molar-refractivity contribution < 1.29 is 9.90 Å². The lowest BCUT2D eigenvalue weighted by molar-refractivity contribution is 0.199. The number of thioether (sulfide) groups is 1. The van der Waals surface area contributed by atoms with E-state index in [1.807, 2.05) is 0 Å². The van der Waals surface area contributed by atoms with Crippen molar-refractivity contribution in [3.63, 3.8) is 0 Å². The Hall–Kier alpha value is -1.20. The lowest BCUT2D eigenvalue weighted by atomic mass is 10.1. The van der Waals surface area contributed by atoms with Gasteiger partial charge in [0, 0.05) is 12.2 Å². The predicted octanol–water partition coefficient (Wildman–Crippen LogP) is 2.86. The molecule has 2 unspecified atom stereocenters. The minimum atomic E-state index is -0.490. The molecular formula is C14H22N2O2S. The topological polar surface area (TPSA) is 61.4 Å². The van der Waals surface area contributed by atoms with Crippen LogP contribution in [0.15, 0.2) is 24.3 Å². The van der Waals surface area contributed by atoms with Crippen LogP contribution in [0.5, 0.6) is 0 Å². The second-order valence-electron chi connectivity index (χ2n) is 4.69. The average Bonchev–Trinajstić information content (AvgIpc) is 2.37. The molecule has 0 saturated carbocycles. The molecular weight excluding hydrogens is 260 g/mol. The van der Waals surface area contributed by atoms with Gasteiger partial charge in [0.25, 0.3) is 0 Å². The number of aliphatic hydroxyl groups excluding tert-OH is 1. The van der Waals surface area contributed by atoms with E-state index >= 15 is 0 Å². The van der Waals surface area contributed by atoms with Crippen LogP contribution in [-0.4, -0.2) is 29.7 Å². The first-order valence-electron chi connectivity index (χ1n) is 6.34. The van der Waals surface area contributed by atoms with Crippen LogP contribution in [0.2, 0.25) is 0 Å². The summed E-state index contributed by atoms with van der Waals surface area (Å²) in [5.74, 6) is 1.49. The Balaban J connectivity index is 2.40. The molecule has 1 aromatic rings. The number of nitrogens with one attached hydrogen (secondary N) is 2. The van der Waals surface area contributed by atoms with E-state index in [4.69, 9.17) is 0 Å². The summed E-state index contributed by atoms with van der Waals surface area (Å²) in [4.78, 5) is 11.7. The summed E-state index contributed by atoms with van der Waals surface area (Å²) in [6.07, 6.45) is 1.57. The number of carbonyl (C=O) groups excluding carboxylic acids is 1. The van der Waals surface area contributed by atoms with E-state index in [0.29, 0.717) is 12.5 Å². The summed E-state index contributed by atoms with van der Waals surface area (Å²) in [6, 6.07) is 6.98. The highest BCUT2D eigenvalue weighted by atomic mass is 32.2. The van der Waals surface area contributed by atoms with Crippen molar-refractivity contribution in [2.45, 2.75) is 20.0 Å². The molecule has 3 N–H and O–H groups in total. The molecule has 106 valence electrons. The summed E-state index contributed by atoms with van der Waals surface area (Å²) in [5, 5.41) is 15.0. The van der Waals surface area contributed by atoms with Gasteiger partial charge in [0.1, 0.15) is 0 Å². The van der Waals surface area contributed by atoms with Crippen LogP contribution >= 0.6 is 11.8 Å². The molecule has 2 amide bonds. The molecule has 0 bridgehead atoms. The first-order chi connectivity index (χ1) is 9.02. The van der Waals surface area contributed by atoms with E-state index in [2.05, 4.69) is 23.8 Å². The summed E-state index contributed by atoms with van der Waals surface area (Å²) in [7, 11) is 0. The maximum atomic E-state index is 11.7. The molecule has 0 fully saturated rings. The Morgan fingerprint density at radius 2 is 1.95 bits per heavy atom. The lowest BCUT2D eigenvalue weighted by Crippen LogP contribution is -2.32. The highest BCUT2D eigenvalue weighted by molar-refractivity contribution is 7.98. The number of urea groups is 1. The minimum Gasteiger partial charge on any atom is -0.389 e. The zero-order chi connectivity index (χ0) is 14.3. The zero-order valence-electron chi connectivity index (χ0n) is 11.6. The molecule has 0 aromatic heterocycles. The van der Waals surface area contributed by atoms with Gasteiger partial charge in [0.05, 0.1) is 6.10 Å². The maximum absolute atomic E-state index is 11.7. The molecule has 1 aromatic carbocycles. The van der Waals surface area contributed by atoms with Crippen LogP contribution in [0.4, 0.5) is 10.5 Å². The van der Waals surface area contributed by atoms with E-state index in [1.54, 1.807) is 43.0 Å². The smallest absolute Gasteiger partial charge is 0.319 e. The van der Waals surface area contributed by atoms with Gasteiger partial charge in [-0.3, -0.25) is 0 Å². The molecule has 0 saturated heterocycles. The normalized spacial score (nSPS) is 13.7. The number of hydrogen-bond donors (Lipinski definition) is 3. The van der Waals surface area contributed by atoms with Crippen molar-refractivity contribution >= 4 is 23.5 Å². The van der Waals surface area contributed by atoms with Crippen LogP contribution in [0.1, 0.15) is 25.5 Å². The minimum absolute atomic E-state index is 0.197. The van der Waals surface area contributed by atoms with E-state index < -0.39 is 6.10 Å².